The molecule has 3 rings (SSSR count). The summed E-state index contributed by atoms with van der Waals surface area (Å²) < 4.78 is 7.34. The molecule has 24 heavy (non-hydrogen) atoms. The quantitative estimate of drug-likeness (QED) is 0.641. The van der Waals surface area contributed by atoms with Gasteiger partial charge in [-0.2, -0.15) is 5.26 Å². The number of aromatic nitrogens is 3. The summed E-state index contributed by atoms with van der Waals surface area (Å²) in [4.78, 5) is 0. The van der Waals surface area contributed by atoms with Gasteiger partial charge in [-0.3, -0.25) is 4.57 Å². The van der Waals surface area contributed by atoms with Crippen LogP contribution in [-0.4, -0.2) is 27.6 Å². The third-order valence-corrected chi connectivity index (χ3v) is 4.38. The Balaban J connectivity index is 2.18. The molecule has 7 heteroatoms. The highest BCUT2D eigenvalue weighted by atomic mass is 35.5. The molecular formula is C17H13ClN4OS. The first-order chi connectivity index (χ1) is 11.7. The van der Waals surface area contributed by atoms with Crippen molar-refractivity contribution in [3.05, 3.63) is 53.6 Å². The van der Waals surface area contributed by atoms with Gasteiger partial charge in [-0.05, 0) is 36.4 Å². The van der Waals surface area contributed by atoms with Crippen molar-refractivity contribution >= 4 is 23.4 Å². The Morgan fingerprint density at radius 3 is 2.62 bits per heavy atom. The van der Waals surface area contributed by atoms with Crippen LogP contribution in [0.15, 0.2) is 53.7 Å². The summed E-state index contributed by atoms with van der Waals surface area (Å²) >= 11 is 7.32. The normalized spacial score (nSPS) is 10.4. The number of rotatable bonds is 5. The topological polar surface area (TPSA) is 63.7 Å². The molecule has 0 aliphatic rings. The molecule has 0 bridgehead atoms. The predicted molar refractivity (Wildman–Crippen MR) is 94.7 cm³/mol. The Hall–Kier alpha value is -2.49. The molecule has 0 N–H and O–H groups in total. The van der Waals surface area contributed by atoms with Gasteiger partial charge in [-0.25, -0.2) is 0 Å². The second-order valence-corrected chi connectivity index (χ2v) is 6.14. The van der Waals surface area contributed by atoms with Crippen LogP contribution in [0, 0.1) is 11.3 Å². The summed E-state index contributed by atoms with van der Waals surface area (Å²) in [5, 5.41) is 18.7. The minimum absolute atomic E-state index is 0.289. The molecule has 0 saturated heterocycles. The highest BCUT2D eigenvalue weighted by Gasteiger charge is 2.18. The zero-order valence-corrected chi connectivity index (χ0v) is 14.4. The van der Waals surface area contributed by atoms with Gasteiger partial charge in [-0.15, -0.1) is 10.2 Å². The van der Waals surface area contributed by atoms with E-state index in [0.29, 0.717) is 21.8 Å². The number of ether oxygens (including phenoxy) is 1. The molecule has 0 saturated carbocycles. The molecule has 0 atom stereocenters. The van der Waals surface area contributed by atoms with Crippen LogP contribution in [-0.2, 0) is 0 Å². The molecular weight excluding hydrogens is 344 g/mol. The lowest BCUT2D eigenvalue weighted by Gasteiger charge is -2.12. The fraction of sp³-hybridized carbons (Fsp3) is 0.118. The largest absolute Gasteiger partial charge is 0.496 e. The predicted octanol–water partition coefficient (Wildman–Crippen LogP) is 4.21. The van der Waals surface area contributed by atoms with E-state index in [4.69, 9.17) is 21.6 Å². The summed E-state index contributed by atoms with van der Waals surface area (Å²) in [7, 11) is 1.62. The van der Waals surface area contributed by atoms with Crippen molar-refractivity contribution in [3.8, 4) is 28.9 Å². The van der Waals surface area contributed by atoms with Gasteiger partial charge >= 0.3 is 0 Å². The first kappa shape index (κ1) is 16.4. The van der Waals surface area contributed by atoms with Crippen molar-refractivity contribution in [2.45, 2.75) is 5.16 Å². The zero-order valence-electron chi connectivity index (χ0n) is 12.8. The van der Waals surface area contributed by atoms with E-state index >= 15 is 0 Å². The van der Waals surface area contributed by atoms with Crippen LogP contribution in [0.25, 0.3) is 17.1 Å². The Morgan fingerprint density at radius 1 is 1.17 bits per heavy atom. The summed E-state index contributed by atoms with van der Waals surface area (Å²) in [5.74, 6) is 1.64. The van der Waals surface area contributed by atoms with Crippen LogP contribution < -0.4 is 4.74 Å². The molecule has 0 aliphatic heterocycles. The van der Waals surface area contributed by atoms with Crippen molar-refractivity contribution in [2.24, 2.45) is 0 Å². The van der Waals surface area contributed by atoms with Crippen molar-refractivity contribution in [1.29, 1.82) is 5.26 Å². The molecule has 0 amide bonds. The van der Waals surface area contributed by atoms with Crippen molar-refractivity contribution in [3.63, 3.8) is 0 Å². The van der Waals surface area contributed by atoms with Crippen LogP contribution in [0.1, 0.15) is 0 Å². The number of hydrogen-bond donors (Lipinski definition) is 0. The van der Waals surface area contributed by atoms with Crippen LogP contribution >= 0.6 is 23.4 Å². The fourth-order valence-electron chi connectivity index (χ4n) is 2.29. The maximum Gasteiger partial charge on any atom is 0.197 e. The molecule has 1 aromatic heterocycles. The average molecular weight is 357 g/mol. The molecule has 0 aliphatic carbocycles. The maximum absolute atomic E-state index is 8.87. The van der Waals surface area contributed by atoms with Gasteiger partial charge < -0.3 is 4.74 Å². The Labute approximate surface area is 148 Å². The second kappa shape index (κ2) is 7.39. The summed E-state index contributed by atoms with van der Waals surface area (Å²) in [5.41, 5.74) is 1.69. The maximum atomic E-state index is 8.87. The average Bonchev–Trinajstić information content (AvgIpc) is 3.04. The summed E-state index contributed by atoms with van der Waals surface area (Å²) in [6, 6.07) is 17.1. The van der Waals surface area contributed by atoms with Gasteiger partial charge in [0.1, 0.15) is 5.75 Å². The van der Waals surface area contributed by atoms with Gasteiger partial charge in [-0.1, -0.05) is 35.5 Å². The molecule has 0 unspecified atom stereocenters. The van der Waals surface area contributed by atoms with E-state index in [0.717, 1.165) is 11.3 Å². The molecule has 2 aromatic carbocycles. The highest BCUT2D eigenvalue weighted by Crippen LogP contribution is 2.33. The van der Waals surface area contributed by atoms with Crippen LogP contribution in [0.5, 0.6) is 5.75 Å². The number of methoxy groups -OCH3 is 1. The third kappa shape index (κ3) is 3.23. The van der Waals surface area contributed by atoms with Gasteiger partial charge in [0.2, 0.25) is 0 Å². The Morgan fingerprint density at radius 2 is 1.92 bits per heavy atom. The third-order valence-electron chi connectivity index (χ3n) is 3.33. The van der Waals surface area contributed by atoms with Gasteiger partial charge in [0, 0.05) is 10.7 Å². The van der Waals surface area contributed by atoms with E-state index in [1.165, 1.54) is 11.8 Å². The SMILES string of the molecule is COc1ccccc1-c1nnc(SCC#N)n1-c1ccc(Cl)cc1. The smallest absolute Gasteiger partial charge is 0.197 e. The van der Waals surface area contributed by atoms with Gasteiger partial charge in [0.05, 0.1) is 24.5 Å². The van der Waals surface area contributed by atoms with E-state index < -0.39 is 0 Å². The van der Waals surface area contributed by atoms with Gasteiger partial charge in [0.15, 0.2) is 11.0 Å². The minimum atomic E-state index is 0.289. The number of hydrogen-bond acceptors (Lipinski definition) is 5. The van der Waals surface area contributed by atoms with Crippen molar-refractivity contribution in [2.75, 3.05) is 12.9 Å². The number of halogens is 1. The lowest BCUT2D eigenvalue weighted by molar-refractivity contribution is 0.416. The molecule has 3 aromatic rings. The zero-order chi connectivity index (χ0) is 16.9. The number of benzene rings is 2. The van der Waals surface area contributed by atoms with Gasteiger partial charge in [0.25, 0.3) is 0 Å². The molecule has 5 nitrogen and oxygen atoms in total. The van der Waals surface area contributed by atoms with Crippen LogP contribution in [0.2, 0.25) is 5.02 Å². The van der Waals surface area contributed by atoms with Crippen LogP contribution in [0.3, 0.4) is 0 Å². The Bertz CT molecular complexity index is 886. The van der Waals surface area contributed by atoms with Crippen LogP contribution in [0.4, 0.5) is 0 Å². The Kier molecular flexibility index (Phi) is 5.04. The second-order valence-electron chi connectivity index (χ2n) is 4.77. The first-order valence-electron chi connectivity index (χ1n) is 7.09. The minimum Gasteiger partial charge on any atom is -0.496 e. The lowest BCUT2D eigenvalue weighted by atomic mass is 10.2. The van der Waals surface area contributed by atoms with E-state index in [1.807, 2.05) is 53.1 Å². The summed E-state index contributed by atoms with van der Waals surface area (Å²) in [6.07, 6.45) is 0. The fourth-order valence-corrected chi connectivity index (χ4v) is 3.03. The number of para-hydroxylation sites is 1. The summed E-state index contributed by atoms with van der Waals surface area (Å²) in [6.45, 7) is 0. The number of nitriles is 1. The van der Waals surface area contributed by atoms with Crippen molar-refractivity contribution in [1.82, 2.24) is 14.8 Å². The van der Waals surface area contributed by atoms with E-state index in [1.54, 1.807) is 7.11 Å². The molecule has 1 heterocycles. The lowest BCUT2D eigenvalue weighted by Crippen LogP contribution is -2.00. The molecule has 120 valence electrons. The molecule has 0 fully saturated rings. The molecule has 0 radical (unpaired) electrons. The van der Waals surface area contributed by atoms with Crippen molar-refractivity contribution < 1.29 is 4.74 Å². The number of thioether (sulfide) groups is 1. The molecule has 0 spiro atoms. The van der Waals surface area contributed by atoms with E-state index in [9.17, 15) is 0 Å². The standard InChI is InChI=1S/C17H13ClN4OS/c1-23-15-5-3-2-4-14(15)16-20-21-17(24-11-10-19)22(16)13-8-6-12(18)7-9-13/h2-9H,11H2,1H3. The number of nitrogens with zero attached hydrogens (tertiary/aromatic N) is 4. The highest BCUT2D eigenvalue weighted by molar-refractivity contribution is 7.99. The van der Waals surface area contributed by atoms with E-state index in [2.05, 4.69) is 16.3 Å². The first-order valence-corrected chi connectivity index (χ1v) is 8.45. The monoisotopic (exact) mass is 356 g/mol. The van der Waals surface area contributed by atoms with E-state index in [-0.39, 0.29) is 5.75 Å².